The Balaban J connectivity index is 1.93. The summed E-state index contributed by atoms with van der Waals surface area (Å²) >= 11 is 9.41. The minimum Gasteiger partial charge on any atom is -0.306 e. The number of rotatable bonds is 4. The van der Waals surface area contributed by atoms with Crippen molar-refractivity contribution in [3.05, 3.63) is 79.4 Å². The molecule has 0 unspecified atom stereocenters. The second-order valence-corrected chi connectivity index (χ2v) is 6.76. The highest BCUT2D eigenvalue weighted by Crippen LogP contribution is 2.24. The lowest BCUT2D eigenvalue weighted by Gasteiger charge is -2.10. The maximum absolute atomic E-state index is 12.6. The summed E-state index contributed by atoms with van der Waals surface area (Å²) in [4.78, 5) is 22.9. The average molecular weight is 436 g/mol. The van der Waals surface area contributed by atoms with Crippen molar-refractivity contribution in [1.29, 1.82) is 0 Å². The normalized spacial score (nSPS) is 10.6. The Bertz CT molecular complexity index is 1000. The van der Waals surface area contributed by atoms with E-state index in [0.717, 1.165) is 4.47 Å². The predicted octanol–water partition coefficient (Wildman–Crippen LogP) is 4.76. The third-order valence-corrected chi connectivity index (χ3v) is 4.37. The molecule has 1 amide bonds. The Morgan fingerprint density at radius 3 is 2.58 bits per heavy atom. The molecule has 1 heterocycles. The van der Waals surface area contributed by atoms with E-state index in [1.54, 1.807) is 43.3 Å². The smallest absolute Gasteiger partial charge is 0.269 e. The monoisotopic (exact) mass is 434 g/mol. The number of nitro groups is 1. The zero-order valence-corrected chi connectivity index (χ0v) is 15.8. The lowest BCUT2D eigenvalue weighted by molar-refractivity contribution is -0.384. The van der Waals surface area contributed by atoms with Gasteiger partial charge in [-0.3, -0.25) is 14.9 Å². The third-order valence-electron chi connectivity index (χ3n) is 3.55. The molecule has 1 N–H and O–H groups in total. The van der Waals surface area contributed by atoms with E-state index in [0.29, 0.717) is 27.8 Å². The van der Waals surface area contributed by atoms with Gasteiger partial charge in [0.2, 0.25) is 0 Å². The van der Waals surface area contributed by atoms with E-state index in [1.165, 1.54) is 16.8 Å². The molecule has 0 radical (unpaired) electrons. The van der Waals surface area contributed by atoms with Crippen LogP contribution in [0.3, 0.4) is 0 Å². The number of carbonyl (C=O) groups is 1. The first-order valence-electron chi connectivity index (χ1n) is 7.43. The van der Waals surface area contributed by atoms with Crippen LogP contribution in [0.5, 0.6) is 0 Å². The Labute approximate surface area is 161 Å². The molecule has 3 rings (SSSR count). The molecule has 0 spiro atoms. The van der Waals surface area contributed by atoms with E-state index in [1.807, 2.05) is 0 Å². The van der Waals surface area contributed by atoms with Crippen LogP contribution in [0.25, 0.3) is 5.69 Å². The van der Waals surface area contributed by atoms with Gasteiger partial charge < -0.3 is 5.32 Å². The van der Waals surface area contributed by atoms with Gasteiger partial charge in [0, 0.05) is 22.7 Å². The minimum atomic E-state index is -0.476. The number of nitrogens with zero attached hydrogens (tertiary/aromatic N) is 3. The maximum Gasteiger partial charge on any atom is 0.269 e. The Hall–Kier alpha value is -2.71. The van der Waals surface area contributed by atoms with Crippen LogP contribution in [0.15, 0.2) is 53.0 Å². The number of benzene rings is 2. The summed E-state index contributed by atoms with van der Waals surface area (Å²) in [7, 11) is 0. The lowest BCUT2D eigenvalue weighted by Crippen LogP contribution is -2.15. The zero-order valence-electron chi connectivity index (χ0n) is 13.4. The molecular formula is C17H12BrClN4O3. The van der Waals surface area contributed by atoms with Crippen molar-refractivity contribution in [2.75, 3.05) is 5.32 Å². The van der Waals surface area contributed by atoms with E-state index < -0.39 is 4.92 Å². The highest BCUT2D eigenvalue weighted by Gasteiger charge is 2.16. The van der Waals surface area contributed by atoms with Crippen LogP contribution in [0, 0.1) is 17.0 Å². The van der Waals surface area contributed by atoms with Crippen LogP contribution in [0.2, 0.25) is 5.02 Å². The van der Waals surface area contributed by atoms with E-state index in [4.69, 9.17) is 11.6 Å². The highest BCUT2D eigenvalue weighted by molar-refractivity contribution is 9.10. The molecule has 0 saturated heterocycles. The largest absolute Gasteiger partial charge is 0.306 e. The first-order chi connectivity index (χ1) is 12.3. The summed E-state index contributed by atoms with van der Waals surface area (Å²) in [5.74, 6) is 0.0387. The molecule has 0 aliphatic rings. The summed E-state index contributed by atoms with van der Waals surface area (Å²) in [6.07, 6.45) is 0. The first-order valence-corrected chi connectivity index (χ1v) is 8.60. The number of carbonyl (C=O) groups excluding carboxylic acids is 1. The molecule has 0 aliphatic heterocycles. The topological polar surface area (TPSA) is 90.1 Å². The van der Waals surface area contributed by atoms with Crippen molar-refractivity contribution in [2.45, 2.75) is 6.92 Å². The summed E-state index contributed by atoms with van der Waals surface area (Å²) in [5.41, 5.74) is 1.55. The molecule has 3 aromatic rings. The van der Waals surface area contributed by atoms with Gasteiger partial charge in [0.25, 0.3) is 11.6 Å². The predicted molar refractivity (Wildman–Crippen MR) is 102 cm³/mol. The number of aromatic nitrogens is 2. The number of nitrogens with one attached hydrogen (secondary N) is 1. The fourth-order valence-corrected chi connectivity index (χ4v) is 2.92. The van der Waals surface area contributed by atoms with Gasteiger partial charge in [-0.15, -0.1) is 0 Å². The standard InChI is InChI=1S/C17H12BrClN4O3/c1-10-8-16(20-17(24)14-9-11(18)2-7-15(14)19)22(21-10)12-3-5-13(6-4-12)23(25)26/h2-9H,1H3,(H,20,24). The number of aryl methyl sites for hydroxylation is 1. The lowest BCUT2D eigenvalue weighted by atomic mass is 10.2. The second-order valence-electron chi connectivity index (χ2n) is 5.43. The van der Waals surface area contributed by atoms with Gasteiger partial charge >= 0.3 is 0 Å². The molecule has 0 bridgehead atoms. The van der Waals surface area contributed by atoms with Crippen LogP contribution in [-0.4, -0.2) is 20.6 Å². The van der Waals surface area contributed by atoms with Gasteiger partial charge in [-0.25, -0.2) is 4.68 Å². The maximum atomic E-state index is 12.6. The number of non-ortho nitro benzene ring substituents is 1. The zero-order chi connectivity index (χ0) is 18.8. The summed E-state index contributed by atoms with van der Waals surface area (Å²) < 4.78 is 2.23. The molecule has 0 fully saturated rings. The van der Waals surface area contributed by atoms with Crippen LogP contribution in [-0.2, 0) is 0 Å². The Kier molecular flexibility index (Phi) is 5.06. The summed E-state index contributed by atoms with van der Waals surface area (Å²) in [5, 5.41) is 18.2. The number of anilines is 1. The molecule has 1 aromatic heterocycles. The van der Waals surface area contributed by atoms with Crippen molar-refractivity contribution >= 4 is 44.9 Å². The molecule has 26 heavy (non-hydrogen) atoms. The fourth-order valence-electron chi connectivity index (χ4n) is 2.36. The minimum absolute atomic E-state index is 0.0240. The van der Waals surface area contributed by atoms with Crippen LogP contribution >= 0.6 is 27.5 Å². The van der Waals surface area contributed by atoms with E-state index in [2.05, 4.69) is 26.3 Å². The molecule has 7 nitrogen and oxygen atoms in total. The average Bonchev–Trinajstić information content (AvgIpc) is 2.97. The van der Waals surface area contributed by atoms with Crippen molar-refractivity contribution in [2.24, 2.45) is 0 Å². The fraction of sp³-hybridized carbons (Fsp3) is 0.0588. The summed E-state index contributed by atoms with van der Waals surface area (Å²) in [6.45, 7) is 1.78. The van der Waals surface area contributed by atoms with Gasteiger partial charge in [0.1, 0.15) is 5.82 Å². The van der Waals surface area contributed by atoms with Crippen molar-refractivity contribution in [1.82, 2.24) is 9.78 Å². The number of hydrogen-bond donors (Lipinski definition) is 1. The Morgan fingerprint density at radius 1 is 1.23 bits per heavy atom. The van der Waals surface area contributed by atoms with Crippen molar-refractivity contribution in [3.63, 3.8) is 0 Å². The summed E-state index contributed by atoms with van der Waals surface area (Å²) in [6, 6.07) is 12.6. The molecule has 0 aliphatic carbocycles. The van der Waals surface area contributed by atoms with E-state index in [9.17, 15) is 14.9 Å². The first kappa shape index (κ1) is 18.1. The van der Waals surface area contributed by atoms with Gasteiger partial charge in [-0.1, -0.05) is 27.5 Å². The molecule has 0 atom stereocenters. The third kappa shape index (κ3) is 3.76. The Morgan fingerprint density at radius 2 is 1.92 bits per heavy atom. The number of halogens is 2. The number of amides is 1. The van der Waals surface area contributed by atoms with Gasteiger partial charge in [0.05, 0.1) is 26.9 Å². The van der Waals surface area contributed by atoms with Crippen LogP contribution < -0.4 is 5.32 Å². The van der Waals surface area contributed by atoms with Crippen molar-refractivity contribution < 1.29 is 9.72 Å². The molecule has 0 saturated carbocycles. The molecule has 2 aromatic carbocycles. The SMILES string of the molecule is Cc1cc(NC(=O)c2cc(Br)ccc2Cl)n(-c2ccc([N+](=O)[O-])cc2)n1. The van der Waals surface area contributed by atoms with Crippen LogP contribution in [0.4, 0.5) is 11.5 Å². The van der Waals surface area contributed by atoms with Gasteiger partial charge in [0.15, 0.2) is 0 Å². The highest BCUT2D eigenvalue weighted by atomic mass is 79.9. The number of nitro benzene ring substituents is 1. The quantitative estimate of drug-likeness (QED) is 0.473. The molecular weight excluding hydrogens is 424 g/mol. The van der Waals surface area contributed by atoms with Gasteiger partial charge in [-0.05, 0) is 37.3 Å². The van der Waals surface area contributed by atoms with E-state index in [-0.39, 0.29) is 11.6 Å². The van der Waals surface area contributed by atoms with Crippen LogP contribution in [0.1, 0.15) is 16.1 Å². The molecule has 132 valence electrons. The number of hydrogen-bond acceptors (Lipinski definition) is 4. The van der Waals surface area contributed by atoms with Gasteiger partial charge in [-0.2, -0.15) is 5.10 Å². The molecule has 9 heteroatoms. The second kappa shape index (κ2) is 7.27. The van der Waals surface area contributed by atoms with E-state index >= 15 is 0 Å². The van der Waals surface area contributed by atoms with Crippen molar-refractivity contribution in [3.8, 4) is 5.69 Å².